The Morgan fingerprint density at radius 1 is 1.19 bits per heavy atom. The molecule has 4 heterocycles. The highest BCUT2D eigenvalue weighted by Crippen LogP contribution is 2.23. The second-order valence-corrected chi connectivity index (χ2v) is 7.46. The largest absolute Gasteiger partial charge is 0.483 e. The maximum absolute atomic E-state index is 13.0. The van der Waals surface area contributed by atoms with Crippen LogP contribution in [0.25, 0.3) is 0 Å². The van der Waals surface area contributed by atoms with Gasteiger partial charge in [-0.15, -0.1) is 0 Å². The molecule has 11 heteroatoms. The number of oxazole rings is 1. The topological polar surface area (TPSA) is 136 Å². The minimum atomic E-state index is -0.250. The first-order valence-electron chi connectivity index (χ1n) is 10.4. The number of carbonyl (C=O) groups excluding carboxylic acids is 2. The number of amides is 2. The molecule has 0 unspecified atom stereocenters. The molecular formula is C20H28N6O5. The van der Waals surface area contributed by atoms with Gasteiger partial charge in [-0.2, -0.15) is 5.10 Å². The van der Waals surface area contributed by atoms with Gasteiger partial charge in [0.15, 0.2) is 12.1 Å². The molecule has 1 saturated heterocycles. The standard InChI is InChI=1S/C19H26N6O3.CH2O2/c1-2-3-5-23-7-9-24(10-8-23)19(27)17-14-4-6-25(12-15(14)21-22-17)18(26)16-11-20-13-28-16;2-1-3/h11,13H,2-10,12H2,1H3,(H,21,22);1H,(H,2,3). The lowest BCUT2D eigenvalue weighted by Crippen LogP contribution is -2.49. The van der Waals surface area contributed by atoms with Crippen molar-refractivity contribution < 1.29 is 23.9 Å². The first-order chi connectivity index (χ1) is 15.1. The van der Waals surface area contributed by atoms with Gasteiger partial charge < -0.3 is 19.3 Å². The molecule has 0 spiro atoms. The molecule has 11 nitrogen and oxygen atoms in total. The molecule has 0 radical (unpaired) electrons. The number of nitrogens with one attached hydrogen (secondary N) is 1. The zero-order valence-corrected chi connectivity index (χ0v) is 17.6. The van der Waals surface area contributed by atoms with E-state index in [1.54, 1.807) is 4.90 Å². The molecule has 2 aliphatic heterocycles. The number of aromatic nitrogens is 3. The van der Waals surface area contributed by atoms with E-state index in [-0.39, 0.29) is 24.0 Å². The molecule has 2 amide bonds. The Balaban J connectivity index is 0.000000858. The van der Waals surface area contributed by atoms with Crippen LogP contribution in [-0.2, 0) is 17.8 Å². The van der Waals surface area contributed by atoms with Crippen molar-refractivity contribution in [1.29, 1.82) is 0 Å². The molecule has 0 aromatic carbocycles. The summed E-state index contributed by atoms with van der Waals surface area (Å²) < 4.78 is 5.10. The number of carbonyl (C=O) groups is 3. The first kappa shape index (κ1) is 22.5. The number of carboxylic acid groups (broad SMARTS) is 1. The molecule has 1 fully saturated rings. The van der Waals surface area contributed by atoms with Crippen LogP contribution in [0.15, 0.2) is 17.0 Å². The highest BCUT2D eigenvalue weighted by atomic mass is 16.4. The quantitative estimate of drug-likeness (QED) is 0.664. The summed E-state index contributed by atoms with van der Waals surface area (Å²) in [5, 5.41) is 14.1. The van der Waals surface area contributed by atoms with Crippen LogP contribution < -0.4 is 0 Å². The number of hydrogen-bond acceptors (Lipinski definition) is 7. The smallest absolute Gasteiger partial charge is 0.291 e. The molecule has 168 valence electrons. The fourth-order valence-electron chi connectivity index (χ4n) is 3.85. The minimum absolute atomic E-state index is 0.0114. The second-order valence-electron chi connectivity index (χ2n) is 7.46. The van der Waals surface area contributed by atoms with Gasteiger partial charge in [-0.25, -0.2) is 4.98 Å². The highest BCUT2D eigenvalue weighted by molar-refractivity contribution is 5.95. The van der Waals surface area contributed by atoms with Gasteiger partial charge in [-0.1, -0.05) is 13.3 Å². The van der Waals surface area contributed by atoms with Crippen LogP contribution in [-0.4, -0.2) is 92.5 Å². The molecule has 31 heavy (non-hydrogen) atoms. The molecule has 0 bridgehead atoms. The van der Waals surface area contributed by atoms with E-state index in [4.69, 9.17) is 14.3 Å². The molecule has 0 atom stereocenters. The van der Waals surface area contributed by atoms with Crippen molar-refractivity contribution in [2.24, 2.45) is 0 Å². The predicted molar refractivity (Wildman–Crippen MR) is 109 cm³/mol. The van der Waals surface area contributed by atoms with E-state index in [1.807, 2.05) is 4.90 Å². The minimum Gasteiger partial charge on any atom is -0.483 e. The molecule has 2 aromatic rings. The van der Waals surface area contributed by atoms with E-state index in [2.05, 4.69) is 27.0 Å². The fourth-order valence-corrected chi connectivity index (χ4v) is 3.85. The van der Waals surface area contributed by atoms with Gasteiger partial charge in [-0.3, -0.25) is 24.4 Å². The van der Waals surface area contributed by atoms with Crippen LogP contribution in [0.1, 0.15) is 52.1 Å². The molecule has 2 N–H and O–H groups in total. The number of hydrogen-bond donors (Lipinski definition) is 2. The van der Waals surface area contributed by atoms with Crippen LogP contribution in [0.5, 0.6) is 0 Å². The summed E-state index contributed by atoms with van der Waals surface area (Å²) >= 11 is 0. The Kier molecular flexibility index (Phi) is 7.76. The molecule has 4 rings (SSSR count). The third-order valence-electron chi connectivity index (χ3n) is 5.55. The summed E-state index contributed by atoms with van der Waals surface area (Å²) in [5.74, 6) is 0.0108. The van der Waals surface area contributed by atoms with Crippen molar-refractivity contribution in [2.75, 3.05) is 39.3 Å². The van der Waals surface area contributed by atoms with Gasteiger partial charge in [0.2, 0.25) is 5.76 Å². The molecule has 2 aromatic heterocycles. The molecule has 0 saturated carbocycles. The number of aromatic amines is 1. The summed E-state index contributed by atoms with van der Waals surface area (Å²) in [6, 6.07) is 0. The van der Waals surface area contributed by atoms with Crippen LogP contribution >= 0.6 is 0 Å². The van der Waals surface area contributed by atoms with Gasteiger partial charge in [-0.05, 0) is 19.4 Å². The van der Waals surface area contributed by atoms with Gasteiger partial charge in [0.05, 0.1) is 18.4 Å². The predicted octanol–water partition coefficient (Wildman–Crippen LogP) is 0.855. The summed E-state index contributed by atoms with van der Waals surface area (Å²) in [6.07, 6.45) is 5.65. The zero-order chi connectivity index (χ0) is 22.2. The lowest BCUT2D eigenvalue weighted by atomic mass is 10.0. The average Bonchev–Trinajstić information content (AvgIpc) is 3.47. The molecular weight excluding hydrogens is 404 g/mol. The van der Waals surface area contributed by atoms with Gasteiger partial charge in [0, 0.05) is 38.3 Å². The Labute approximate surface area is 180 Å². The SMILES string of the molecule is CCCCN1CCN(C(=O)c2n[nH]c3c2CCN(C(=O)c2cnco2)C3)CC1.O=CO. The fraction of sp³-hybridized carbons (Fsp3) is 0.550. The van der Waals surface area contributed by atoms with Crippen LogP contribution in [0.4, 0.5) is 0 Å². The van der Waals surface area contributed by atoms with Gasteiger partial charge in [0.25, 0.3) is 18.3 Å². The third-order valence-corrected chi connectivity index (χ3v) is 5.55. The van der Waals surface area contributed by atoms with Crippen molar-refractivity contribution in [2.45, 2.75) is 32.7 Å². The van der Waals surface area contributed by atoms with E-state index in [0.29, 0.717) is 25.2 Å². The summed E-state index contributed by atoms with van der Waals surface area (Å²) in [7, 11) is 0. The lowest BCUT2D eigenvalue weighted by Gasteiger charge is -2.34. The maximum atomic E-state index is 13.0. The molecule has 2 aliphatic rings. The van der Waals surface area contributed by atoms with E-state index in [1.165, 1.54) is 25.4 Å². The number of nitrogens with zero attached hydrogens (tertiary/aromatic N) is 5. The number of H-pyrrole nitrogens is 1. The van der Waals surface area contributed by atoms with E-state index >= 15 is 0 Å². The number of rotatable bonds is 5. The summed E-state index contributed by atoms with van der Waals surface area (Å²) in [6.45, 7) is 7.26. The Hall–Kier alpha value is -3.21. The maximum Gasteiger partial charge on any atom is 0.291 e. The van der Waals surface area contributed by atoms with Crippen molar-refractivity contribution >= 4 is 18.3 Å². The first-order valence-corrected chi connectivity index (χ1v) is 10.4. The van der Waals surface area contributed by atoms with Crippen LogP contribution in [0.3, 0.4) is 0 Å². The summed E-state index contributed by atoms with van der Waals surface area (Å²) in [4.78, 5) is 43.6. The lowest BCUT2D eigenvalue weighted by molar-refractivity contribution is -0.122. The van der Waals surface area contributed by atoms with Crippen molar-refractivity contribution in [3.63, 3.8) is 0 Å². The third kappa shape index (κ3) is 5.29. The highest BCUT2D eigenvalue weighted by Gasteiger charge is 2.31. The normalized spacial score (nSPS) is 16.3. The van der Waals surface area contributed by atoms with Gasteiger partial charge in [0.1, 0.15) is 0 Å². The number of piperazine rings is 1. The van der Waals surface area contributed by atoms with Crippen molar-refractivity contribution in [3.8, 4) is 0 Å². The Bertz CT molecular complexity index is 873. The summed E-state index contributed by atoms with van der Waals surface area (Å²) in [5.41, 5.74) is 2.26. The number of fused-ring (bicyclic) bond motifs is 1. The van der Waals surface area contributed by atoms with Gasteiger partial charge >= 0.3 is 0 Å². The number of unbranched alkanes of at least 4 members (excludes halogenated alkanes) is 1. The van der Waals surface area contributed by atoms with Crippen LogP contribution in [0, 0.1) is 0 Å². The Morgan fingerprint density at radius 3 is 2.58 bits per heavy atom. The zero-order valence-electron chi connectivity index (χ0n) is 17.6. The monoisotopic (exact) mass is 432 g/mol. The van der Waals surface area contributed by atoms with E-state index in [0.717, 1.165) is 44.0 Å². The molecule has 0 aliphatic carbocycles. The second kappa shape index (κ2) is 10.7. The van der Waals surface area contributed by atoms with E-state index < -0.39 is 0 Å². The van der Waals surface area contributed by atoms with Crippen LogP contribution in [0.2, 0.25) is 0 Å². The average molecular weight is 432 g/mol. The van der Waals surface area contributed by atoms with Crippen molar-refractivity contribution in [3.05, 3.63) is 35.3 Å². The van der Waals surface area contributed by atoms with Crippen molar-refractivity contribution in [1.82, 2.24) is 29.9 Å². The Morgan fingerprint density at radius 2 is 1.94 bits per heavy atom. The van der Waals surface area contributed by atoms with E-state index in [9.17, 15) is 9.59 Å².